The van der Waals surface area contributed by atoms with E-state index in [4.69, 9.17) is 0 Å². The van der Waals surface area contributed by atoms with Gasteiger partial charge in [-0.2, -0.15) is 5.10 Å². The molecule has 0 N–H and O–H groups in total. The lowest BCUT2D eigenvalue weighted by Crippen LogP contribution is -2.49. The molecule has 1 aromatic heterocycles. The molecule has 1 aliphatic heterocycles. The maximum Gasteiger partial charge on any atom is 0.222 e. The predicted octanol–water partition coefficient (Wildman–Crippen LogP) is 1.08. The van der Waals surface area contributed by atoms with Crippen LogP contribution in [0.1, 0.15) is 19.0 Å². The summed E-state index contributed by atoms with van der Waals surface area (Å²) in [6.07, 6.45) is 4.74. The minimum Gasteiger partial charge on any atom is -0.353 e. The predicted molar refractivity (Wildman–Crippen MR) is 74.6 cm³/mol. The first-order chi connectivity index (χ1) is 9.19. The largest absolute Gasteiger partial charge is 0.353 e. The van der Waals surface area contributed by atoms with Gasteiger partial charge in [0.05, 0.1) is 5.69 Å². The Bertz CT molecular complexity index is 524. The number of nitrogens with zero attached hydrogens (tertiary/aromatic N) is 4. The summed E-state index contributed by atoms with van der Waals surface area (Å²) in [5, 5.41) is 4.51. The molecule has 1 radical (unpaired) electrons. The van der Waals surface area contributed by atoms with Gasteiger partial charge < -0.3 is 9.80 Å². The smallest absolute Gasteiger partial charge is 0.222 e. The van der Waals surface area contributed by atoms with E-state index in [1.807, 2.05) is 23.6 Å². The standard InChI is InChI=1S/C14H19N4O/c1-3-14(19)18-8-6-17(7-9-18)13-10-12(11-4-5-11)15-16(13)2/h4-5,10H,3,6-9H2,1-2H3. The Hall–Kier alpha value is -1.78. The molecule has 1 aromatic rings. The van der Waals surface area contributed by atoms with Crippen molar-refractivity contribution in [2.24, 2.45) is 7.05 Å². The van der Waals surface area contributed by atoms with Crippen LogP contribution in [0.15, 0.2) is 12.1 Å². The van der Waals surface area contributed by atoms with Crippen molar-refractivity contribution < 1.29 is 4.79 Å². The second-order valence-electron chi connectivity index (χ2n) is 5.02. The van der Waals surface area contributed by atoms with Crippen LogP contribution >= 0.6 is 0 Å². The van der Waals surface area contributed by atoms with E-state index in [1.165, 1.54) is 5.57 Å². The lowest BCUT2D eigenvalue weighted by atomic mass is 10.2. The normalized spacial score (nSPS) is 18.5. The lowest BCUT2D eigenvalue weighted by Gasteiger charge is -2.35. The Morgan fingerprint density at radius 1 is 1.32 bits per heavy atom. The van der Waals surface area contributed by atoms with Crippen molar-refractivity contribution in [3.05, 3.63) is 24.3 Å². The van der Waals surface area contributed by atoms with Gasteiger partial charge in [0.1, 0.15) is 5.82 Å². The second kappa shape index (κ2) is 4.72. The molecule has 1 fully saturated rings. The molecule has 19 heavy (non-hydrogen) atoms. The fourth-order valence-electron chi connectivity index (χ4n) is 2.52. The number of carbonyl (C=O) groups excluding carboxylic acids is 1. The van der Waals surface area contributed by atoms with Crippen LogP contribution in [0.2, 0.25) is 0 Å². The second-order valence-corrected chi connectivity index (χ2v) is 5.02. The van der Waals surface area contributed by atoms with E-state index < -0.39 is 0 Å². The van der Waals surface area contributed by atoms with Crippen LogP contribution in [-0.4, -0.2) is 46.8 Å². The lowest BCUT2D eigenvalue weighted by molar-refractivity contribution is -0.131. The van der Waals surface area contributed by atoms with Crippen LogP contribution in [0.5, 0.6) is 0 Å². The zero-order valence-corrected chi connectivity index (χ0v) is 11.5. The maximum absolute atomic E-state index is 11.7. The molecule has 0 saturated carbocycles. The summed E-state index contributed by atoms with van der Waals surface area (Å²) in [4.78, 5) is 15.9. The van der Waals surface area contributed by atoms with Crippen LogP contribution in [0, 0.1) is 6.42 Å². The highest BCUT2D eigenvalue weighted by Gasteiger charge is 2.23. The molecule has 0 aromatic carbocycles. The SMILES string of the molecule is CCC(=O)N1CCN(c2cc(C3=C[CH]3)nn2C)CC1. The summed E-state index contributed by atoms with van der Waals surface area (Å²) in [7, 11) is 1.98. The van der Waals surface area contributed by atoms with Crippen molar-refractivity contribution >= 4 is 17.3 Å². The van der Waals surface area contributed by atoms with E-state index in [9.17, 15) is 4.79 Å². The number of allylic oxidation sites excluding steroid dienone is 2. The molecule has 3 rings (SSSR count). The molecule has 0 spiro atoms. The molecule has 2 aliphatic rings. The van der Waals surface area contributed by atoms with Crippen LogP contribution in [0.25, 0.3) is 5.57 Å². The Kier molecular flexibility index (Phi) is 3.05. The third kappa shape index (κ3) is 2.37. The number of aromatic nitrogens is 2. The van der Waals surface area contributed by atoms with E-state index in [0.717, 1.165) is 37.7 Å². The molecule has 0 atom stereocenters. The zero-order chi connectivity index (χ0) is 13.4. The minimum atomic E-state index is 0.253. The van der Waals surface area contributed by atoms with Crippen molar-refractivity contribution in [3.8, 4) is 0 Å². The zero-order valence-electron chi connectivity index (χ0n) is 11.5. The van der Waals surface area contributed by atoms with Gasteiger partial charge in [0.15, 0.2) is 0 Å². The summed E-state index contributed by atoms with van der Waals surface area (Å²) in [6.45, 7) is 5.30. The first-order valence-corrected chi connectivity index (χ1v) is 6.81. The Morgan fingerprint density at radius 2 is 2.00 bits per heavy atom. The monoisotopic (exact) mass is 259 g/mol. The van der Waals surface area contributed by atoms with Crippen molar-refractivity contribution in [2.75, 3.05) is 31.1 Å². The van der Waals surface area contributed by atoms with Gasteiger partial charge >= 0.3 is 0 Å². The molecule has 0 unspecified atom stereocenters. The van der Waals surface area contributed by atoms with E-state index in [2.05, 4.69) is 28.6 Å². The van der Waals surface area contributed by atoms with Gasteiger partial charge in [0, 0.05) is 52.1 Å². The molecule has 101 valence electrons. The number of carbonyl (C=O) groups is 1. The van der Waals surface area contributed by atoms with Crippen LogP contribution < -0.4 is 4.90 Å². The van der Waals surface area contributed by atoms with E-state index in [-0.39, 0.29) is 5.91 Å². The average molecular weight is 259 g/mol. The summed E-state index contributed by atoms with van der Waals surface area (Å²) in [5.74, 6) is 1.39. The number of aryl methyl sites for hydroxylation is 1. The average Bonchev–Trinajstić information content (AvgIpc) is 3.21. The topological polar surface area (TPSA) is 41.4 Å². The van der Waals surface area contributed by atoms with Crippen molar-refractivity contribution in [2.45, 2.75) is 13.3 Å². The quantitative estimate of drug-likeness (QED) is 0.815. The molecule has 2 heterocycles. The summed E-state index contributed by atoms with van der Waals surface area (Å²) in [6, 6.07) is 2.13. The Morgan fingerprint density at radius 3 is 2.58 bits per heavy atom. The first kappa shape index (κ1) is 12.3. The van der Waals surface area contributed by atoms with Gasteiger partial charge in [-0.05, 0) is 5.57 Å². The van der Waals surface area contributed by atoms with E-state index in [1.54, 1.807) is 0 Å². The highest BCUT2D eigenvalue weighted by atomic mass is 16.2. The van der Waals surface area contributed by atoms with Crippen molar-refractivity contribution in [1.82, 2.24) is 14.7 Å². The summed E-state index contributed by atoms with van der Waals surface area (Å²) >= 11 is 0. The van der Waals surface area contributed by atoms with Crippen molar-refractivity contribution in [1.29, 1.82) is 0 Å². The highest BCUT2D eigenvalue weighted by molar-refractivity contribution is 5.86. The number of rotatable bonds is 3. The Labute approximate surface area is 113 Å². The van der Waals surface area contributed by atoms with Gasteiger partial charge in [0.25, 0.3) is 0 Å². The maximum atomic E-state index is 11.7. The first-order valence-electron chi connectivity index (χ1n) is 6.81. The third-order valence-electron chi connectivity index (χ3n) is 3.74. The molecule has 1 saturated heterocycles. The number of amides is 1. The van der Waals surface area contributed by atoms with E-state index in [0.29, 0.717) is 6.42 Å². The molecule has 5 nitrogen and oxygen atoms in total. The fourth-order valence-corrected chi connectivity index (χ4v) is 2.52. The van der Waals surface area contributed by atoms with Gasteiger partial charge in [-0.1, -0.05) is 13.0 Å². The van der Waals surface area contributed by atoms with Gasteiger partial charge in [-0.3, -0.25) is 9.48 Å². The van der Waals surface area contributed by atoms with Crippen LogP contribution in [0.3, 0.4) is 0 Å². The molecule has 1 aliphatic carbocycles. The van der Waals surface area contributed by atoms with Gasteiger partial charge in [-0.15, -0.1) is 0 Å². The minimum absolute atomic E-state index is 0.253. The third-order valence-corrected chi connectivity index (χ3v) is 3.74. The van der Waals surface area contributed by atoms with E-state index >= 15 is 0 Å². The fraction of sp³-hybridized carbons (Fsp3) is 0.500. The van der Waals surface area contributed by atoms with Crippen molar-refractivity contribution in [3.63, 3.8) is 0 Å². The number of hydrogen-bond acceptors (Lipinski definition) is 3. The summed E-state index contributed by atoms with van der Waals surface area (Å²) < 4.78 is 1.93. The number of piperazine rings is 1. The Balaban J connectivity index is 1.68. The molecule has 0 bridgehead atoms. The number of anilines is 1. The van der Waals surface area contributed by atoms with Gasteiger partial charge in [0.2, 0.25) is 5.91 Å². The van der Waals surface area contributed by atoms with Crippen LogP contribution in [0.4, 0.5) is 5.82 Å². The summed E-state index contributed by atoms with van der Waals surface area (Å²) in [5.41, 5.74) is 2.27. The molecule has 5 heteroatoms. The molecular formula is C14H19N4O. The van der Waals surface area contributed by atoms with Gasteiger partial charge in [-0.25, -0.2) is 0 Å². The van der Waals surface area contributed by atoms with Crippen LogP contribution in [-0.2, 0) is 11.8 Å². The number of hydrogen-bond donors (Lipinski definition) is 0. The molecule has 1 amide bonds. The highest BCUT2D eigenvalue weighted by Crippen LogP contribution is 2.31. The molecular weight excluding hydrogens is 240 g/mol.